The van der Waals surface area contributed by atoms with Crippen molar-refractivity contribution < 1.29 is 9.53 Å². The molecule has 35 heavy (non-hydrogen) atoms. The van der Waals surface area contributed by atoms with Gasteiger partial charge in [0.15, 0.2) is 5.65 Å². The number of carbonyl (C=O) groups excluding carboxylic acids is 1. The number of nitrogens with zero attached hydrogens (tertiary/aromatic N) is 4. The van der Waals surface area contributed by atoms with Crippen molar-refractivity contribution in [1.82, 2.24) is 14.6 Å². The van der Waals surface area contributed by atoms with Crippen molar-refractivity contribution in [3.05, 3.63) is 71.4 Å². The summed E-state index contributed by atoms with van der Waals surface area (Å²) in [5.41, 5.74) is 7.05. The Bertz CT molecular complexity index is 1350. The van der Waals surface area contributed by atoms with Crippen LogP contribution in [0.25, 0.3) is 16.9 Å². The Morgan fingerprint density at radius 3 is 2.31 bits per heavy atom. The number of amides is 1. The van der Waals surface area contributed by atoms with Crippen molar-refractivity contribution in [2.24, 2.45) is 5.92 Å². The van der Waals surface area contributed by atoms with Gasteiger partial charge in [0.1, 0.15) is 11.6 Å². The monoisotopic (exact) mass is 469 g/mol. The smallest absolute Gasteiger partial charge is 0.227 e. The summed E-state index contributed by atoms with van der Waals surface area (Å²) >= 11 is 0. The minimum absolute atomic E-state index is 0.0183. The van der Waals surface area contributed by atoms with Crippen LogP contribution >= 0.6 is 0 Å². The SMILES string of the molecule is COc1ccc(NC(=O)C2CCN(c3cc(C)nc4cc(-c5cc(C)cc(C)c5)nn34)CC2)cc1. The van der Waals surface area contributed by atoms with E-state index in [1.54, 1.807) is 7.11 Å². The summed E-state index contributed by atoms with van der Waals surface area (Å²) < 4.78 is 7.13. The van der Waals surface area contributed by atoms with E-state index in [1.165, 1.54) is 11.1 Å². The maximum Gasteiger partial charge on any atom is 0.227 e. The molecule has 0 spiro atoms. The number of aryl methyl sites for hydroxylation is 3. The third-order valence-electron chi connectivity index (χ3n) is 6.60. The van der Waals surface area contributed by atoms with Crippen LogP contribution in [0.15, 0.2) is 54.6 Å². The van der Waals surface area contributed by atoms with Gasteiger partial charge in [0.2, 0.25) is 5.91 Å². The molecule has 1 aliphatic heterocycles. The predicted molar refractivity (Wildman–Crippen MR) is 139 cm³/mol. The Balaban J connectivity index is 1.32. The molecule has 0 unspecified atom stereocenters. The highest BCUT2D eigenvalue weighted by Gasteiger charge is 2.27. The highest BCUT2D eigenvalue weighted by molar-refractivity contribution is 5.92. The molecule has 1 amide bonds. The lowest BCUT2D eigenvalue weighted by molar-refractivity contribution is -0.120. The van der Waals surface area contributed by atoms with Gasteiger partial charge in [-0.2, -0.15) is 9.61 Å². The van der Waals surface area contributed by atoms with Gasteiger partial charge < -0.3 is 15.0 Å². The molecule has 5 rings (SSSR count). The van der Waals surface area contributed by atoms with E-state index in [0.717, 1.165) is 65.8 Å². The molecule has 1 N–H and O–H groups in total. The molecule has 180 valence electrons. The average Bonchev–Trinajstić information content (AvgIpc) is 3.27. The van der Waals surface area contributed by atoms with Gasteiger partial charge in [-0.25, -0.2) is 4.98 Å². The molecule has 2 aromatic carbocycles. The quantitative estimate of drug-likeness (QED) is 0.436. The van der Waals surface area contributed by atoms with E-state index < -0.39 is 0 Å². The summed E-state index contributed by atoms with van der Waals surface area (Å²) in [6, 6.07) is 18.1. The van der Waals surface area contributed by atoms with Gasteiger partial charge in [-0.3, -0.25) is 4.79 Å². The summed E-state index contributed by atoms with van der Waals surface area (Å²) in [4.78, 5) is 19.9. The number of nitrogens with one attached hydrogen (secondary N) is 1. The number of ether oxygens (including phenoxy) is 1. The molecule has 2 aromatic heterocycles. The van der Waals surface area contributed by atoms with Crippen molar-refractivity contribution in [2.75, 3.05) is 30.4 Å². The minimum atomic E-state index is -0.0183. The normalized spacial score (nSPS) is 14.3. The standard InChI is InChI=1S/C28H31N5O2/c1-18-13-19(2)15-22(14-18)25-17-26-29-20(3)16-27(33(26)31-25)32-11-9-21(10-12-32)28(34)30-23-5-7-24(35-4)8-6-23/h5-8,13-17,21H,9-12H2,1-4H3,(H,30,34). The van der Waals surface area contributed by atoms with Gasteiger partial charge in [-0.15, -0.1) is 0 Å². The van der Waals surface area contributed by atoms with Crippen molar-refractivity contribution in [3.8, 4) is 17.0 Å². The van der Waals surface area contributed by atoms with Crippen LogP contribution in [0.5, 0.6) is 5.75 Å². The van der Waals surface area contributed by atoms with E-state index in [1.807, 2.05) is 35.7 Å². The zero-order chi connectivity index (χ0) is 24.5. The molecule has 7 nitrogen and oxygen atoms in total. The first-order chi connectivity index (χ1) is 16.9. The maximum absolute atomic E-state index is 12.9. The van der Waals surface area contributed by atoms with Crippen LogP contribution in [-0.4, -0.2) is 40.7 Å². The molecule has 0 atom stereocenters. The number of carbonyl (C=O) groups is 1. The highest BCUT2D eigenvalue weighted by atomic mass is 16.5. The van der Waals surface area contributed by atoms with E-state index >= 15 is 0 Å². The first-order valence-corrected chi connectivity index (χ1v) is 12.1. The first kappa shape index (κ1) is 22.9. The second-order valence-electron chi connectivity index (χ2n) is 9.41. The van der Waals surface area contributed by atoms with E-state index in [0.29, 0.717) is 0 Å². The summed E-state index contributed by atoms with van der Waals surface area (Å²) in [6.07, 6.45) is 1.58. The lowest BCUT2D eigenvalue weighted by atomic mass is 9.95. The second-order valence-corrected chi connectivity index (χ2v) is 9.41. The predicted octanol–water partition coefficient (Wildman–Crippen LogP) is 5.19. The van der Waals surface area contributed by atoms with E-state index in [-0.39, 0.29) is 11.8 Å². The van der Waals surface area contributed by atoms with Gasteiger partial charge in [-0.1, -0.05) is 17.2 Å². The third kappa shape index (κ3) is 4.85. The minimum Gasteiger partial charge on any atom is -0.497 e. The van der Waals surface area contributed by atoms with Gasteiger partial charge in [0.05, 0.1) is 12.8 Å². The van der Waals surface area contributed by atoms with Crippen LogP contribution in [0.2, 0.25) is 0 Å². The number of methoxy groups -OCH3 is 1. The fourth-order valence-electron chi connectivity index (χ4n) is 4.86. The number of piperidine rings is 1. The lowest BCUT2D eigenvalue weighted by Gasteiger charge is -2.33. The van der Waals surface area contributed by atoms with Crippen molar-refractivity contribution in [3.63, 3.8) is 0 Å². The van der Waals surface area contributed by atoms with Crippen LogP contribution in [-0.2, 0) is 4.79 Å². The Hall–Kier alpha value is -3.87. The van der Waals surface area contributed by atoms with Gasteiger partial charge in [0.25, 0.3) is 0 Å². The largest absolute Gasteiger partial charge is 0.497 e. The summed E-state index contributed by atoms with van der Waals surface area (Å²) in [5.74, 6) is 1.85. The Labute approximate surface area is 205 Å². The van der Waals surface area contributed by atoms with Crippen LogP contribution < -0.4 is 15.0 Å². The Morgan fingerprint density at radius 1 is 0.971 bits per heavy atom. The number of hydrogen-bond donors (Lipinski definition) is 1. The Kier molecular flexibility index (Phi) is 6.16. The molecule has 4 aromatic rings. The third-order valence-corrected chi connectivity index (χ3v) is 6.60. The number of hydrogen-bond acceptors (Lipinski definition) is 5. The Morgan fingerprint density at radius 2 is 1.66 bits per heavy atom. The lowest BCUT2D eigenvalue weighted by Crippen LogP contribution is -2.39. The average molecular weight is 470 g/mol. The molecule has 0 bridgehead atoms. The molecule has 0 radical (unpaired) electrons. The summed E-state index contributed by atoms with van der Waals surface area (Å²) in [5, 5.41) is 7.97. The zero-order valence-corrected chi connectivity index (χ0v) is 20.7. The van der Waals surface area contributed by atoms with Crippen LogP contribution in [0.1, 0.15) is 29.7 Å². The number of rotatable bonds is 5. The van der Waals surface area contributed by atoms with Crippen LogP contribution in [0, 0.1) is 26.7 Å². The first-order valence-electron chi connectivity index (χ1n) is 12.1. The molecule has 0 saturated carbocycles. The topological polar surface area (TPSA) is 71.8 Å². The molecule has 1 saturated heterocycles. The number of fused-ring (bicyclic) bond motifs is 1. The summed E-state index contributed by atoms with van der Waals surface area (Å²) in [6.45, 7) is 7.81. The number of aromatic nitrogens is 3. The van der Waals surface area contributed by atoms with Gasteiger partial charge in [-0.05, 0) is 70.0 Å². The van der Waals surface area contributed by atoms with E-state index in [9.17, 15) is 4.79 Å². The molecular formula is C28H31N5O2. The molecule has 1 fully saturated rings. The molecular weight excluding hydrogens is 438 g/mol. The number of anilines is 2. The van der Waals surface area contributed by atoms with E-state index in [4.69, 9.17) is 14.8 Å². The molecule has 3 heterocycles. The highest BCUT2D eigenvalue weighted by Crippen LogP contribution is 2.28. The molecule has 7 heteroatoms. The fourth-order valence-corrected chi connectivity index (χ4v) is 4.86. The second kappa shape index (κ2) is 9.41. The molecule has 0 aliphatic carbocycles. The molecule has 1 aliphatic rings. The van der Waals surface area contributed by atoms with Crippen molar-refractivity contribution in [1.29, 1.82) is 0 Å². The van der Waals surface area contributed by atoms with Crippen LogP contribution in [0.3, 0.4) is 0 Å². The van der Waals surface area contributed by atoms with Crippen molar-refractivity contribution >= 4 is 23.1 Å². The van der Waals surface area contributed by atoms with Gasteiger partial charge >= 0.3 is 0 Å². The van der Waals surface area contributed by atoms with Crippen molar-refractivity contribution in [2.45, 2.75) is 33.6 Å². The number of benzene rings is 2. The zero-order valence-electron chi connectivity index (χ0n) is 20.7. The van der Waals surface area contributed by atoms with Crippen LogP contribution in [0.4, 0.5) is 11.5 Å². The fraction of sp³-hybridized carbons (Fsp3) is 0.321. The summed E-state index contributed by atoms with van der Waals surface area (Å²) in [7, 11) is 1.63. The maximum atomic E-state index is 12.9. The van der Waals surface area contributed by atoms with Gasteiger partial charge in [0, 0.05) is 48.1 Å². The van der Waals surface area contributed by atoms with E-state index in [2.05, 4.69) is 54.4 Å².